The Morgan fingerprint density at radius 3 is 2.36 bits per heavy atom. The number of anilines is 1. The van der Waals surface area contributed by atoms with Gasteiger partial charge in [0.15, 0.2) is 0 Å². The maximum Gasteiger partial charge on any atom is 0.246 e. The first-order chi connectivity index (χ1) is 22.7. The molecule has 47 heavy (non-hydrogen) atoms. The molecule has 4 aromatic rings. The molecule has 4 amide bonds. The number of carbonyl (C=O) groups excluding carboxylic acids is 4. The highest BCUT2D eigenvalue weighted by molar-refractivity contribution is 7.09. The van der Waals surface area contributed by atoms with Crippen LogP contribution in [-0.4, -0.2) is 33.6 Å². The average molecular weight is 684 g/mol. The zero-order chi connectivity index (χ0) is 32.6. The van der Waals surface area contributed by atoms with Crippen molar-refractivity contribution in [3.05, 3.63) is 128 Å². The number of allylic oxidation sites excluding steroid dienone is 2. The summed E-state index contributed by atoms with van der Waals surface area (Å²) < 4.78 is 0. The molecule has 3 fully saturated rings. The van der Waals surface area contributed by atoms with Crippen LogP contribution in [0.3, 0.4) is 0 Å². The monoisotopic (exact) mass is 682 g/mol. The summed E-state index contributed by atoms with van der Waals surface area (Å²) in [5.74, 6) is -5.02. The Bertz CT molecular complexity index is 2000. The predicted octanol–water partition coefficient (Wildman–Crippen LogP) is 7.12. The van der Waals surface area contributed by atoms with Crippen molar-refractivity contribution in [3.8, 4) is 5.75 Å². The van der Waals surface area contributed by atoms with Gasteiger partial charge >= 0.3 is 0 Å². The van der Waals surface area contributed by atoms with E-state index in [4.69, 9.17) is 23.2 Å². The zero-order valence-electron chi connectivity index (χ0n) is 24.9. The van der Waals surface area contributed by atoms with Crippen LogP contribution in [0.5, 0.6) is 5.75 Å². The maximum absolute atomic E-state index is 15.2. The molecule has 1 N–H and O–H groups in total. The number of fused-ring (bicyclic) bond motifs is 4. The number of hydrogen-bond acceptors (Lipinski definition) is 6. The van der Waals surface area contributed by atoms with Crippen LogP contribution in [0.25, 0.3) is 0 Å². The number of amides is 4. The maximum atomic E-state index is 15.2. The third kappa shape index (κ3) is 4.38. The minimum atomic E-state index is -1.49. The molecule has 2 aliphatic heterocycles. The molecule has 236 valence electrons. The number of halogens is 2. The average Bonchev–Trinajstić information content (AvgIpc) is 3.73. The molecule has 3 heterocycles. The van der Waals surface area contributed by atoms with Crippen molar-refractivity contribution in [2.24, 2.45) is 23.7 Å². The number of rotatable bonds is 5. The third-order valence-electron chi connectivity index (χ3n) is 10.5. The largest absolute Gasteiger partial charge is 0.508 e. The molecule has 0 spiro atoms. The molecule has 2 aliphatic carbocycles. The lowest BCUT2D eigenvalue weighted by molar-refractivity contribution is -0.141. The molecular formula is C37H28Cl2N2O5S. The van der Waals surface area contributed by atoms with Crippen LogP contribution >= 0.6 is 34.5 Å². The van der Waals surface area contributed by atoms with Gasteiger partial charge in [0.05, 0.1) is 35.4 Å². The van der Waals surface area contributed by atoms with Crippen LogP contribution in [0.15, 0.2) is 102 Å². The SMILES string of the molecule is O=C1[C@H]2[C@H](CC=C3[C@H]2C[C@H]2C(=O)N(c4cccc(Cl)c4)C(=O)[C@@]2(c2ccccc2)[C@H]3c2cc(Cl)ccc2O)C(=O)N1Cc1cccs1. The second-order valence-corrected chi connectivity index (χ2v) is 14.5. The van der Waals surface area contributed by atoms with Crippen molar-refractivity contribution < 1.29 is 24.3 Å². The number of carbonyl (C=O) groups is 4. The Balaban J connectivity index is 1.35. The number of aromatic hydroxyl groups is 1. The van der Waals surface area contributed by atoms with E-state index >= 15 is 4.79 Å². The molecular weight excluding hydrogens is 655 g/mol. The van der Waals surface area contributed by atoms with Crippen LogP contribution in [0.2, 0.25) is 10.0 Å². The normalized spacial score (nSPS) is 28.3. The number of imide groups is 2. The number of phenols is 1. The number of hydrogen-bond donors (Lipinski definition) is 1. The summed E-state index contributed by atoms with van der Waals surface area (Å²) >= 11 is 14.4. The van der Waals surface area contributed by atoms with E-state index in [1.807, 2.05) is 53.9 Å². The number of thiophene rings is 1. The van der Waals surface area contributed by atoms with Gasteiger partial charge in [0.25, 0.3) is 0 Å². The van der Waals surface area contributed by atoms with Crippen LogP contribution in [-0.2, 0) is 31.1 Å². The summed E-state index contributed by atoms with van der Waals surface area (Å²) in [6, 6.07) is 24.3. The van der Waals surface area contributed by atoms with Crippen molar-refractivity contribution in [2.45, 2.75) is 30.7 Å². The Labute approximate surface area is 285 Å². The van der Waals surface area contributed by atoms with Gasteiger partial charge in [0.2, 0.25) is 23.6 Å². The Kier molecular flexibility index (Phi) is 7.17. The number of likely N-dealkylation sites (tertiary alicyclic amines) is 1. The molecule has 4 aliphatic rings. The molecule has 10 heteroatoms. The molecule has 0 radical (unpaired) electrons. The summed E-state index contributed by atoms with van der Waals surface area (Å²) in [4.78, 5) is 61.4. The molecule has 0 unspecified atom stereocenters. The predicted molar refractivity (Wildman–Crippen MR) is 179 cm³/mol. The molecule has 7 nitrogen and oxygen atoms in total. The van der Waals surface area contributed by atoms with E-state index in [0.29, 0.717) is 33.3 Å². The van der Waals surface area contributed by atoms with Gasteiger partial charge in [-0.15, -0.1) is 11.3 Å². The minimum Gasteiger partial charge on any atom is -0.508 e. The Hall–Kier alpha value is -4.24. The second kappa shape index (κ2) is 11.2. The van der Waals surface area contributed by atoms with Gasteiger partial charge in [0, 0.05) is 26.4 Å². The Morgan fingerprint density at radius 1 is 0.830 bits per heavy atom. The van der Waals surface area contributed by atoms with Gasteiger partial charge in [0.1, 0.15) is 5.75 Å². The molecule has 6 atom stereocenters. The van der Waals surface area contributed by atoms with Gasteiger partial charge in [-0.1, -0.05) is 77.3 Å². The molecule has 2 saturated heterocycles. The summed E-state index contributed by atoms with van der Waals surface area (Å²) in [6.45, 7) is 0.195. The van der Waals surface area contributed by atoms with Gasteiger partial charge in [-0.3, -0.25) is 24.1 Å². The summed E-state index contributed by atoms with van der Waals surface area (Å²) in [6.07, 6.45) is 2.44. The fourth-order valence-corrected chi connectivity index (χ4v) is 9.68. The fourth-order valence-electron chi connectivity index (χ4n) is 8.62. The standard InChI is InChI=1S/C37H28Cl2N2O5S/c38-21-8-4-9-23(16-21)41-34(44)29-18-27-25(12-13-26-31(27)35(45)40(33(26)43)19-24-10-5-15-47-24)32(28-17-22(39)11-14-30(28)42)37(29,36(41)46)20-6-2-1-3-7-20/h1-12,14-17,26-27,29,31-32,42H,13,18-19H2/t26-,27+,29-,31-,32+,37+/m0/s1. The number of benzene rings is 3. The lowest BCUT2D eigenvalue weighted by atomic mass is 9.49. The molecule has 3 aromatic carbocycles. The molecule has 8 rings (SSSR count). The van der Waals surface area contributed by atoms with Crippen LogP contribution in [0.4, 0.5) is 5.69 Å². The summed E-state index contributed by atoms with van der Waals surface area (Å²) in [7, 11) is 0. The van der Waals surface area contributed by atoms with E-state index in [-0.39, 0.29) is 30.5 Å². The first kappa shape index (κ1) is 30.1. The van der Waals surface area contributed by atoms with E-state index in [2.05, 4.69) is 0 Å². The van der Waals surface area contributed by atoms with E-state index in [9.17, 15) is 19.5 Å². The summed E-state index contributed by atoms with van der Waals surface area (Å²) in [5.41, 5.74) is 0.627. The van der Waals surface area contributed by atoms with E-state index in [1.54, 1.807) is 36.4 Å². The lowest BCUT2D eigenvalue weighted by Crippen LogP contribution is -2.53. The smallest absolute Gasteiger partial charge is 0.246 e. The van der Waals surface area contributed by atoms with Gasteiger partial charge in [-0.2, -0.15) is 0 Å². The summed E-state index contributed by atoms with van der Waals surface area (Å²) in [5, 5.41) is 14.1. The number of phenolic OH excluding ortho intramolecular Hbond substituents is 1. The molecule has 0 bridgehead atoms. The van der Waals surface area contributed by atoms with Crippen molar-refractivity contribution in [1.29, 1.82) is 0 Å². The first-order valence-electron chi connectivity index (χ1n) is 15.5. The second-order valence-electron chi connectivity index (χ2n) is 12.6. The van der Waals surface area contributed by atoms with Crippen molar-refractivity contribution >= 4 is 63.9 Å². The van der Waals surface area contributed by atoms with E-state index < -0.39 is 46.8 Å². The third-order valence-corrected chi connectivity index (χ3v) is 11.8. The van der Waals surface area contributed by atoms with Crippen molar-refractivity contribution in [1.82, 2.24) is 4.90 Å². The number of nitrogens with zero attached hydrogens (tertiary/aromatic N) is 2. The van der Waals surface area contributed by atoms with E-state index in [0.717, 1.165) is 10.5 Å². The first-order valence-corrected chi connectivity index (χ1v) is 17.1. The zero-order valence-corrected chi connectivity index (χ0v) is 27.2. The fraction of sp³-hybridized carbons (Fsp3) is 0.243. The van der Waals surface area contributed by atoms with Gasteiger partial charge < -0.3 is 5.11 Å². The topological polar surface area (TPSA) is 95.0 Å². The van der Waals surface area contributed by atoms with Gasteiger partial charge in [-0.05, 0) is 72.2 Å². The quantitative estimate of drug-likeness (QED) is 0.179. The minimum absolute atomic E-state index is 0.0771. The Morgan fingerprint density at radius 2 is 1.62 bits per heavy atom. The molecule has 1 saturated carbocycles. The molecule has 1 aromatic heterocycles. The highest BCUT2D eigenvalue weighted by Crippen LogP contribution is 2.65. The van der Waals surface area contributed by atoms with Crippen LogP contribution < -0.4 is 4.90 Å². The van der Waals surface area contributed by atoms with Crippen LogP contribution in [0, 0.1) is 23.7 Å². The van der Waals surface area contributed by atoms with Crippen molar-refractivity contribution in [2.75, 3.05) is 4.90 Å². The lowest BCUT2D eigenvalue weighted by Gasteiger charge is -2.50. The van der Waals surface area contributed by atoms with E-state index in [1.165, 1.54) is 27.2 Å². The highest BCUT2D eigenvalue weighted by atomic mass is 35.5. The van der Waals surface area contributed by atoms with Crippen LogP contribution in [0.1, 0.15) is 34.8 Å². The van der Waals surface area contributed by atoms with Gasteiger partial charge in [-0.25, -0.2) is 4.90 Å². The highest BCUT2D eigenvalue weighted by Gasteiger charge is 2.70. The van der Waals surface area contributed by atoms with Crippen molar-refractivity contribution in [3.63, 3.8) is 0 Å².